The maximum Gasteiger partial charge on any atom is 0.311 e. The van der Waals surface area contributed by atoms with E-state index in [0.717, 1.165) is 29.7 Å². The van der Waals surface area contributed by atoms with Gasteiger partial charge >= 0.3 is 5.97 Å². The van der Waals surface area contributed by atoms with Crippen LogP contribution in [0.4, 0.5) is 11.4 Å². The van der Waals surface area contributed by atoms with Gasteiger partial charge in [0.25, 0.3) is 5.91 Å². The fourth-order valence-corrected chi connectivity index (χ4v) is 4.62. The number of ketones is 1. The first-order valence-electron chi connectivity index (χ1n) is 12.6. The second-order valence-electron chi connectivity index (χ2n) is 9.11. The van der Waals surface area contributed by atoms with Gasteiger partial charge in [0.1, 0.15) is 0 Å². The molecule has 1 atom stereocenters. The Morgan fingerprint density at radius 3 is 2.26 bits per heavy atom. The van der Waals surface area contributed by atoms with E-state index in [2.05, 4.69) is 5.32 Å². The van der Waals surface area contributed by atoms with E-state index in [1.807, 2.05) is 32.0 Å². The van der Waals surface area contributed by atoms with E-state index in [-0.39, 0.29) is 30.6 Å². The predicted molar refractivity (Wildman–Crippen MR) is 147 cm³/mol. The normalized spacial score (nSPS) is 14.9. The first-order valence-corrected chi connectivity index (χ1v) is 13.0. The Labute approximate surface area is 226 Å². The molecular weight excluding hydrogens is 504 g/mol. The van der Waals surface area contributed by atoms with E-state index in [0.29, 0.717) is 21.8 Å². The van der Waals surface area contributed by atoms with Crippen molar-refractivity contribution in [3.63, 3.8) is 0 Å². The molecule has 38 heavy (non-hydrogen) atoms. The number of amides is 2. The second-order valence-corrected chi connectivity index (χ2v) is 9.54. The molecule has 0 unspecified atom stereocenters. The molecule has 1 aliphatic rings. The summed E-state index contributed by atoms with van der Waals surface area (Å²) in [7, 11) is 0. The Balaban J connectivity index is 1.41. The number of hydrogen-bond acceptors (Lipinski definition) is 5. The number of aryl methyl sites for hydroxylation is 2. The van der Waals surface area contributed by atoms with Crippen molar-refractivity contribution in [3.05, 3.63) is 94.0 Å². The van der Waals surface area contributed by atoms with Gasteiger partial charge in [-0.3, -0.25) is 19.2 Å². The molecule has 7 nitrogen and oxygen atoms in total. The Kier molecular flexibility index (Phi) is 8.59. The average molecular weight is 533 g/mol. The van der Waals surface area contributed by atoms with Crippen molar-refractivity contribution in [1.82, 2.24) is 0 Å². The van der Waals surface area contributed by atoms with Crippen LogP contribution in [0.3, 0.4) is 0 Å². The Hall–Kier alpha value is -3.97. The quantitative estimate of drug-likeness (QED) is 0.290. The summed E-state index contributed by atoms with van der Waals surface area (Å²) < 4.78 is 5.21. The van der Waals surface area contributed by atoms with E-state index in [9.17, 15) is 19.2 Å². The topological polar surface area (TPSA) is 92.8 Å². The lowest BCUT2D eigenvalue weighted by Gasteiger charge is -2.18. The molecule has 1 saturated heterocycles. The maximum absolute atomic E-state index is 13.1. The van der Waals surface area contributed by atoms with E-state index in [4.69, 9.17) is 16.3 Å². The molecule has 3 aromatic rings. The third kappa shape index (κ3) is 6.11. The third-order valence-corrected chi connectivity index (χ3v) is 6.88. The monoisotopic (exact) mass is 532 g/mol. The van der Waals surface area contributed by atoms with Gasteiger partial charge in [-0.2, -0.15) is 0 Å². The third-order valence-electron chi connectivity index (χ3n) is 6.63. The number of anilines is 2. The fraction of sp³-hybridized carbons (Fsp3) is 0.267. The number of Topliss-reactive ketones (excluding diaryl/α,β-unsaturated/α-hetero) is 1. The number of hydrogen-bond donors (Lipinski definition) is 1. The van der Waals surface area contributed by atoms with Crippen LogP contribution in [0, 0.1) is 5.92 Å². The summed E-state index contributed by atoms with van der Waals surface area (Å²) in [6.07, 6.45) is 1.54. The van der Waals surface area contributed by atoms with Crippen molar-refractivity contribution in [1.29, 1.82) is 0 Å². The molecule has 1 aliphatic heterocycles. The Morgan fingerprint density at radius 2 is 1.61 bits per heavy atom. The largest absolute Gasteiger partial charge is 0.457 e. The number of esters is 1. The molecule has 196 valence electrons. The number of rotatable bonds is 9. The molecule has 3 aromatic carbocycles. The van der Waals surface area contributed by atoms with Crippen LogP contribution >= 0.6 is 11.6 Å². The molecule has 0 radical (unpaired) electrons. The molecule has 1 fully saturated rings. The van der Waals surface area contributed by atoms with Gasteiger partial charge in [-0.15, -0.1) is 0 Å². The number of para-hydroxylation sites is 1. The van der Waals surface area contributed by atoms with Gasteiger partial charge in [-0.05, 0) is 66.4 Å². The van der Waals surface area contributed by atoms with Crippen LogP contribution in [0.5, 0.6) is 0 Å². The number of nitrogens with one attached hydrogen (secondary N) is 1. The number of benzene rings is 3. The highest BCUT2D eigenvalue weighted by Crippen LogP contribution is 2.28. The standard InChI is InChI=1S/C30H29ClN2O5/c1-3-19-7-5-8-20(4-2)28(19)32-29(36)22-9-6-10-25(15-22)33-17-23(16-27(33)35)30(37)38-18-26(34)21-11-13-24(31)14-12-21/h5-15,23H,3-4,16-18H2,1-2H3,(H,32,36)/t23-/m1/s1. The minimum Gasteiger partial charge on any atom is -0.457 e. The van der Waals surface area contributed by atoms with Crippen LogP contribution < -0.4 is 10.2 Å². The number of ether oxygens (including phenoxy) is 1. The van der Waals surface area contributed by atoms with Crippen LogP contribution in [0.25, 0.3) is 0 Å². The van der Waals surface area contributed by atoms with Crippen molar-refractivity contribution >= 4 is 46.5 Å². The zero-order chi connectivity index (χ0) is 27.2. The zero-order valence-electron chi connectivity index (χ0n) is 21.3. The first-order chi connectivity index (χ1) is 18.3. The minimum atomic E-state index is -0.707. The zero-order valence-corrected chi connectivity index (χ0v) is 22.1. The molecule has 1 N–H and O–H groups in total. The van der Waals surface area contributed by atoms with Gasteiger partial charge in [0, 0.05) is 40.5 Å². The molecule has 0 spiro atoms. The van der Waals surface area contributed by atoms with Gasteiger partial charge in [0.2, 0.25) is 5.91 Å². The SMILES string of the molecule is CCc1cccc(CC)c1NC(=O)c1cccc(N2C[C@H](C(=O)OCC(=O)c3ccc(Cl)cc3)CC2=O)c1. The van der Waals surface area contributed by atoms with Crippen LogP contribution in [0.2, 0.25) is 5.02 Å². The maximum atomic E-state index is 13.1. The first kappa shape index (κ1) is 27.1. The molecule has 2 amide bonds. The van der Waals surface area contributed by atoms with Crippen LogP contribution in [-0.2, 0) is 27.2 Å². The lowest BCUT2D eigenvalue weighted by Crippen LogP contribution is -2.27. The van der Waals surface area contributed by atoms with Crippen LogP contribution in [0.15, 0.2) is 66.7 Å². The summed E-state index contributed by atoms with van der Waals surface area (Å²) in [5.74, 6) is -2.20. The summed E-state index contributed by atoms with van der Waals surface area (Å²) >= 11 is 5.84. The van der Waals surface area contributed by atoms with E-state index >= 15 is 0 Å². The highest BCUT2D eigenvalue weighted by Gasteiger charge is 2.36. The molecule has 8 heteroatoms. The summed E-state index contributed by atoms with van der Waals surface area (Å²) in [6, 6.07) is 19.0. The molecule has 4 rings (SSSR count). The minimum absolute atomic E-state index is 0.0336. The molecule has 0 aromatic heterocycles. The molecular formula is C30H29ClN2O5. The van der Waals surface area contributed by atoms with Gasteiger partial charge < -0.3 is 15.0 Å². The van der Waals surface area contributed by atoms with E-state index < -0.39 is 18.5 Å². The van der Waals surface area contributed by atoms with Crippen molar-refractivity contribution in [3.8, 4) is 0 Å². The number of halogens is 1. The summed E-state index contributed by atoms with van der Waals surface area (Å²) in [5, 5.41) is 3.54. The second kappa shape index (κ2) is 12.0. The highest BCUT2D eigenvalue weighted by atomic mass is 35.5. The molecule has 0 bridgehead atoms. The fourth-order valence-electron chi connectivity index (χ4n) is 4.49. The number of nitrogens with zero attached hydrogens (tertiary/aromatic N) is 1. The molecule has 0 saturated carbocycles. The van der Waals surface area contributed by atoms with E-state index in [1.54, 1.807) is 48.5 Å². The summed E-state index contributed by atoms with van der Waals surface area (Å²) in [4.78, 5) is 52.3. The van der Waals surface area contributed by atoms with Gasteiger partial charge in [-0.25, -0.2) is 0 Å². The number of carbonyl (C=O) groups excluding carboxylic acids is 4. The lowest BCUT2D eigenvalue weighted by molar-refractivity contribution is -0.147. The van der Waals surface area contributed by atoms with Crippen molar-refractivity contribution in [2.24, 2.45) is 5.92 Å². The Bertz CT molecular complexity index is 1350. The summed E-state index contributed by atoms with van der Waals surface area (Å²) in [6.45, 7) is 3.77. The van der Waals surface area contributed by atoms with Gasteiger partial charge in [0.15, 0.2) is 12.4 Å². The highest BCUT2D eigenvalue weighted by molar-refractivity contribution is 6.30. The molecule has 1 heterocycles. The van der Waals surface area contributed by atoms with Gasteiger partial charge in [-0.1, -0.05) is 49.7 Å². The van der Waals surface area contributed by atoms with Gasteiger partial charge in [0.05, 0.1) is 5.92 Å². The lowest BCUT2D eigenvalue weighted by atomic mass is 10.0. The van der Waals surface area contributed by atoms with Crippen molar-refractivity contribution in [2.45, 2.75) is 33.1 Å². The smallest absolute Gasteiger partial charge is 0.311 e. The van der Waals surface area contributed by atoms with Crippen LogP contribution in [-0.4, -0.2) is 36.7 Å². The Morgan fingerprint density at radius 1 is 0.947 bits per heavy atom. The van der Waals surface area contributed by atoms with Crippen LogP contribution in [0.1, 0.15) is 52.1 Å². The van der Waals surface area contributed by atoms with E-state index in [1.165, 1.54) is 4.90 Å². The molecule has 0 aliphatic carbocycles. The summed E-state index contributed by atoms with van der Waals surface area (Å²) in [5.41, 5.74) is 4.24. The van der Waals surface area contributed by atoms with Crippen molar-refractivity contribution < 1.29 is 23.9 Å². The predicted octanol–water partition coefficient (Wildman–Crippen LogP) is 5.50. The average Bonchev–Trinajstić information content (AvgIpc) is 3.33. The number of carbonyl (C=O) groups is 4. The van der Waals surface area contributed by atoms with Crippen molar-refractivity contribution in [2.75, 3.05) is 23.4 Å².